The van der Waals surface area contributed by atoms with Crippen LogP contribution >= 0.6 is 23.7 Å². The van der Waals surface area contributed by atoms with E-state index in [0.717, 1.165) is 18.5 Å². The number of aromatic nitrogens is 1. The average Bonchev–Trinajstić information content (AvgIpc) is 2.83. The second-order valence-corrected chi connectivity index (χ2v) is 5.54. The van der Waals surface area contributed by atoms with Crippen LogP contribution in [0.1, 0.15) is 19.0 Å². The smallest absolute Gasteiger partial charge is 0.123 e. The van der Waals surface area contributed by atoms with Crippen LogP contribution in [0.3, 0.4) is 0 Å². The zero-order valence-electron chi connectivity index (χ0n) is 11.3. The van der Waals surface area contributed by atoms with Crippen LogP contribution < -0.4 is 5.73 Å². The van der Waals surface area contributed by atoms with Crippen LogP contribution in [0.25, 0.3) is 21.2 Å². The second kappa shape index (κ2) is 6.25. The number of nitrogens with zero attached hydrogens (tertiary/aromatic N) is 1. The van der Waals surface area contributed by atoms with Gasteiger partial charge >= 0.3 is 0 Å². The number of fused-ring (bicyclic) bond motifs is 1. The summed E-state index contributed by atoms with van der Waals surface area (Å²) in [4.78, 5) is 4.51. The highest BCUT2D eigenvalue weighted by Gasteiger charge is 2.11. The van der Waals surface area contributed by atoms with Gasteiger partial charge in [0.1, 0.15) is 5.82 Å². The number of benzene rings is 1. The Bertz CT molecular complexity index is 721. The summed E-state index contributed by atoms with van der Waals surface area (Å²) in [5.41, 5.74) is 9.41. The van der Waals surface area contributed by atoms with E-state index in [0.29, 0.717) is 5.82 Å². The van der Waals surface area contributed by atoms with Gasteiger partial charge in [0.15, 0.2) is 0 Å². The van der Waals surface area contributed by atoms with Crippen molar-refractivity contribution in [1.82, 2.24) is 4.98 Å². The maximum Gasteiger partial charge on any atom is 0.123 e. The van der Waals surface area contributed by atoms with Crippen LogP contribution in [0.5, 0.6) is 0 Å². The normalized spacial score (nSPS) is 10.4. The quantitative estimate of drug-likeness (QED) is 0.746. The van der Waals surface area contributed by atoms with Crippen LogP contribution in [0.4, 0.5) is 5.82 Å². The minimum Gasteiger partial charge on any atom is -0.384 e. The molecule has 0 amide bonds. The molecule has 2 aromatic heterocycles. The Morgan fingerprint density at radius 3 is 2.70 bits per heavy atom. The summed E-state index contributed by atoms with van der Waals surface area (Å²) in [5.74, 6) is 0.603. The molecule has 2 nitrogen and oxygen atoms in total. The summed E-state index contributed by atoms with van der Waals surface area (Å²) in [5, 5.41) is 3.52. The Morgan fingerprint density at radius 1 is 1.10 bits per heavy atom. The van der Waals surface area contributed by atoms with Crippen LogP contribution in [0, 0.1) is 0 Å². The van der Waals surface area contributed by atoms with Crippen molar-refractivity contribution in [3.8, 4) is 11.1 Å². The predicted octanol–water partition coefficient (Wildman–Crippen LogP) is 4.92. The van der Waals surface area contributed by atoms with E-state index in [-0.39, 0.29) is 12.4 Å². The van der Waals surface area contributed by atoms with Crippen molar-refractivity contribution in [3.63, 3.8) is 0 Å². The highest BCUT2D eigenvalue weighted by molar-refractivity contribution is 7.17. The van der Waals surface area contributed by atoms with Gasteiger partial charge in [0.05, 0.1) is 5.69 Å². The van der Waals surface area contributed by atoms with Crippen molar-refractivity contribution in [2.75, 3.05) is 5.73 Å². The zero-order valence-corrected chi connectivity index (χ0v) is 12.9. The van der Waals surface area contributed by atoms with Crippen molar-refractivity contribution in [1.29, 1.82) is 0 Å². The lowest BCUT2D eigenvalue weighted by Gasteiger charge is -2.08. The van der Waals surface area contributed by atoms with E-state index in [1.807, 2.05) is 6.07 Å². The lowest BCUT2D eigenvalue weighted by molar-refractivity contribution is 0.887. The number of anilines is 1. The molecule has 0 aliphatic rings. The van der Waals surface area contributed by atoms with Crippen LogP contribution in [-0.4, -0.2) is 4.98 Å². The van der Waals surface area contributed by atoms with Gasteiger partial charge in [-0.05, 0) is 30.0 Å². The average molecular weight is 305 g/mol. The van der Waals surface area contributed by atoms with Gasteiger partial charge in [-0.3, -0.25) is 0 Å². The third-order valence-corrected chi connectivity index (χ3v) is 4.22. The van der Waals surface area contributed by atoms with Gasteiger partial charge in [0, 0.05) is 21.2 Å². The van der Waals surface area contributed by atoms with Crippen molar-refractivity contribution < 1.29 is 0 Å². The number of rotatable bonds is 3. The van der Waals surface area contributed by atoms with Crippen LogP contribution in [-0.2, 0) is 6.42 Å². The summed E-state index contributed by atoms with van der Waals surface area (Å²) < 4.78 is 1.32. The van der Waals surface area contributed by atoms with E-state index in [1.54, 1.807) is 11.3 Å². The van der Waals surface area contributed by atoms with Crippen molar-refractivity contribution in [3.05, 3.63) is 47.5 Å². The fourth-order valence-electron chi connectivity index (χ4n) is 2.38. The Kier molecular flexibility index (Phi) is 4.63. The number of thiophene rings is 1. The van der Waals surface area contributed by atoms with Gasteiger partial charge in [-0.25, -0.2) is 4.98 Å². The second-order valence-electron chi connectivity index (χ2n) is 4.63. The topological polar surface area (TPSA) is 38.9 Å². The van der Waals surface area contributed by atoms with E-state index in [2.05, 4.69) is 47.6 Å². The minimum absolute atomic E-state index is 0. The van der Waals surface area contributed by atoms with Crippen LogP contribution in [0.15, 0.2) is 41.8 Å². The monoisotopic (exact) mass is 304 g/mol. The predicted molar refractivity (Wildman–Crippen MR) is 90.7 cm³/mol. The molecule has 20 heavy (non-hydrogen) atoms. The van der Waals surface area contributed by atoms with Gasteiger partial charge in [0.2, 0.25) is 0 Å². The fraction of sp³-hybridized carbons (Fsp3) is 0.188. The van der Waals surface area contributed by atoms with Gasteiger partial charge < -0.3 is 5.73 Å². The van der Waals surface area contributed by atoms with Gasteiger partial charge in [-0.2, -0.15) is 0 Å². The van der Waals surface area contributed by atoms with Gasteiger partial charge in [-0.1, -0.05) is 31.5 Å². The minimum atomic E-state index is 0. The molecular weight excluding hydrogens is 288 g/mol. The standard InChI is InChI=1S/C16H16N2S.ClH/c1-2-5-14-11(8-9-16(17)18-14)13-10-19-15-7-4-3-6-12(13)15;/h3-4,6-10H,2,5H2,1H3,(H2,17,18);1H. The van der Waals surface area contributed by atoms with Crippen molar-refractivity contribution in [2.45, 2.75) is 19.8 Å². The SMILES string of the molecule is CCCc1nc(N)ccc1-c1csc2ccccc12.Cl. The van der Waals surface area contributed by atoms with E-state index >= 15 is 0 Å². The summed E-state index contributed by atoms with van der Waals surface area (Å²) in [6.45, 7) is 2.17. The molecule has 0 atom stereocenters. The van der Waals surface area contributed by atoms with E-state index in [4.69, 9.17) is 5.73 Å². The summed E-state index contributed by atoms with van der Waals surface area (Å²) in [6.07, 6.45) is 2.04. The molecule has 3 rings (SSSR count). The first-order valence-electron chi connectivity index (χ1n) is 6.51. The third kappa shape index (κ3) is 2.65. The maximum atomic E-state index is 5.82. The highest BCUT2D eigenvalue weighted by atomic mass is 35.5. The fourth-order valence-corrected chi connectivity index (χ4v) is 3.34. The molecule has 0 spiro atoms. The van der Waals surface area contributed by atoms with E-state index in [9.17, 15) is 0 Å². The number of nitrogens with two attached hydrogens (primary N) is 1. The lowest BCUT2D eigenvalue weighted by atomic mass is 10.0. The first-order valence-corrected chi connectivity index (χ1v) is 7.39. The van der Waals surface area contributed by atoms with E-state index < -0.39 is 0 Å². The maximum absolute atomic E-state index is 5.82. The third-order valence-electron chi connectivity index (χ3n) is 3.25. The molecule has 0 saturated heterocycles. The molecule has 0 aliphatic carbocycles. The number of aryl methyl sites for hydroxylation is 1. The summed E-state index contributed by atoms with van der Waals surface area (Å²) >= 11 is 1.78. The molecule has 4 heteroatoms. The first kappa shape index (κ1) is 14.8. The molecular formula is C16H17ClN2S. The van der Waals surface area contributed by atoms with Gasteiger partial charge in [0.25, 0.3) is 0 Å². The molecule has 2 heterocycles. The van der Waals surface area contributed by atoms with Gasteiger partial charge in [-0.15, -0.1) is 23.7 Å². The van der Waals surface area contributed by atoms with Crippen LogP contribution in [0.2, 0.25) is 0 Å². The lowest BCUT2D eigenvalue weighted by Crippen LogP contribution is -1.98. The molecule has 0 saturated carbocycles. The first-order chi connectivity index (χ1) is 9.29. The number of hydrogen-bond donors (Lipinski definition) is 1. The molecule has 0 unspecified atom stereocenters. The van der Waals surface area contributed by atoms with Crippen molar-refractivity contribution >= 4 is 39.6 Å². The Labute approximate surface area is 129 Å². The molecule has 104 valence electrons. The molecule has 3 aromatic rings. The number of hydrogen-bond acceptors (Lipinski definition) is 3. The number of nitrogen functional groups attached to an aromatic ring is 1. The molecule has 0 radical (unpaired) electrons. The number of halogens is 1. The summed E-state index contributed by atoms with van der Waals surface area (Å²) in [7, 11) is 0. The highest BCUT2D eigenvalue weighted by Crippen LogP contribution is 2.35. The Hall–Kier alpha value is -1.58. The molecule has 0 aliphatic heterocycles. The summed E-state index contributed by atoms with van der Waals surface area (Å²) in [6, 6.07) is 12.5. The molecule has 0 bridgehead atoms. The zero-order chi connectivity index (χ0) is 13.2. The molecule has 1 aromatic carbocycles. The molecule has 2 N–H and O–H groups in total. The Morgan fingerprint density at radius 2 is 1.90 bits per heavy atom. The number of pyridine rings is 1. The largest absolute Gasteiger partial charge is 0.384 e. The van der Waals surface area contributed by atoms with Crippen molar-refractivity contribution in [2.24, 2.45) is 0 Å². The Balaban J connectivity index is 0.00000147. The molecule has 0 fully saturated rings. The van der Waals surface area contributed by atoms with E-state index in [1.165, 1.54) is 21.2 Å².